The van der Waals surface area contributed by atoms with Gasteiger partial charge in [-0.3, -0.25) is 0 Å². The highest BCUT2D eigenvalue weighted by molar-refractivity contribution is 4.64. The second-order valence-electron chi connectivity index (χ2n) is 3.81. The Balaban J connectivity index is 3.21. The molecule has 0 rings (SSSR count). The molecular formula is C11H21F3O2. The molecule has 98 valence electrons. The van der Waals surface area contributed by atoms with Gasteiger partial charge >= 0.3 is 6.18 Å². The summed E-state index contributed by atoms with van der Waals surface area (Å²) in [7, 11) is 0. The van der Waals surface area contributed by atoms with Gasteiger partial charge in [-0.1, -0.05) is 25.7 Å². The van der Waals surface area contributed by atoms with Gasteiger partial charge in [-0.25, -0.2) is 0 Å². The van der Waals surface area contributed by atoms with Crippen molar-refractivity contribution in [2.75, 3.05) is 13.2 Å². The quantitative estimate of drug-likeness (QED) is 0.629. The van der Waals surface area contributed by atoms with Gasteiger partial charge in [-0.05, 0) is 19.8 Å². The van der Waals surface area contributed by atoms with Crippen LogP contribution in [-0.2, 0) is 4.74 Å². The van der Waals surface area contributed by atoms with E-state index in [0.29, 0.717) is 13.0 Å². The monoisotopic (exact) mass is 242 g/mol. The molecule has 0 heterocycles. The van der Waals surface area contributed by atoms with Crippen molar-refractivity contribution in [3.8, 4) is 0 Å². The Morgan fingerprint density at radius 3 is 2.19 bits per heavy atom. The van der Waals surface area contributed by atoms with E-state index >= 15 is 0 Å². The fourth-order valence-electron chi connectivity index (χ4n) is 1.38. The van der Waals surface area contributed by atoms with Crippen molar-refractivity contribution >= 4 is 0 Å². The maximum absolute atomic E-state index is 11.9. The molecule has 16 heavy (non-hydrogen) atoms. The summed E-state index contributed by atoms with van der Waals surface area (Å²) >= 11 is 0. The van der Waals surface area contributed by atoms with E-state index in [1.165, 1.54) is 0 Å². The Kier molecular flexibility index (Phi) is 8.66. The Bertz CT molecular complexity index is 160. The molecule has 0 aromatic carbocycles. The molecule has 0 aliphatic carbocycles. The van der Waals surface area contributed by atoms with Crippen LogP contribution in [0.2, 0.25) is 0 Å². The van der Waals surface area contributed by atoms with Crippen molar-refractivity contribution in [1.29, 1.82) is 0 Å². The summed E-state index contributed by atoms with van der Waals surface area (Å²) in [5.41, 5.74) is 0. The molecule has 0 bridgehead atoms. The average molecular weight is 242 g/mol. The fourth-order valence-corrected chi connectivity index (χ4v) is 1.38. The lowest BCUT2D eigenvalue weighted by molar-refractivity contribution is -0.205. The highest BCUT2D eigenvalue weighted by Gasteiger charge is 2.37. The van der Waals surface area contributed by atoms with Crippen molar-refractivity contribution in [1.82, 2.24) is 0 Å². The van der Waals surface area contributed by atoms with E-state index in [0.717, 1.165) is 32.3 Å². The number of unbranched alkanes of at least 4 members (excludes halogenated alkanes) is 4. The molecule has 1 atom stereocenters. The molecule has 0 radical (unpaired) electrons. The maximum Gasteiger partial charge on any atom is 0.414 e. The van der Waals surface area contributed by atoms with Crippen LogP contribution in [-0.4, -0.2) is 30.6 Å². The maximum atomic E-state index is 11.9. The minimum Gasteiger partial charge on any atom is -0.384 e. The van der Waals surface area contributed by atoms with Crippen LogP contribution >= 0.6 is 0 Å². The Morgan fingerprint density at radius 1 is 1.06 bits per heavy atom. The number of ether oxygens (including phenoxy) is 1. The zero-order valence-corrected chi connectivity index (χ0v) is 9.72. The normalized spacial score (nSPS) is 14.1. The summed E-state index contributed by atoms with van der Waals surface area (Å²) in [5, 5.41) is 8.71. The molecule has 0 aromatic rings. The lowest BCUT2D eigenvalue weighted by Crippen LogP contribution is -2.28. The average Bonchev–Trinajstić information content (AvgIpc) is 2.20. The van der Waals surface area contributed by atoms with Crippen molar-refractivity contribution in [2.24, 2.45) is 0 Å². The Morgan fingerprint density at radius 2 is 1.62 bits per heavy atom. The summed E-state index contributed by atoms with van der Waals surface area (Å²) in [6.07, 6.45) is -2.82. The van der Waals surface area contributed by atoms with E-state index in [4.69, 9.17) is 9.84 Å². The SMILES string of the molecule is CCOCCCCCCCC(O)C(F)(F)F. The van der Waals surface area contributed by atoms with Crippen molar-refractivity contribution < 1.29 is 23.0 Å². The summed E-state index contributed by atoms with van der Waals surface area (Å²) < 4.78 is 40.8. The Hall–Kier alpha value is -0.290. The molecule has 1 N–H and O–H groups in total. The molecule has 2 nitrogen and oxygen atoms in total. The summed E-state index contributed by atoms with van der Waals surface area (Å²) in [5.74, 6) is 0. The number of halogens is 3. The highest BCUT2D eigenvalue weighted by Crippen LogP contribution is 2.23. The van der Waals surface area contributed by atoms with Crippen molar-refractivity contribution in [3.05, 3.63) is 0 Å². The van der Waals surface area contributed by atoms with Crippen molar-refractivity contribution in [2.45, 2.75) is 57.7 Å². The van der Waals surface area contributed by atoms with Crippen LogP contribution in [0.4, 0.5) is 13.2 Å². The Labute approximate surface area is 94.8 Å². The van der Waals surface area contributed by atoms with Gasteiger partial charge in [0.2, 0.25) is 0 Å². The molecule has 0 fully saturated rings. The molecule has 0 saturated carbocycles. The van der Waals surface area contributed by atoms with E-state index in [1.807, 2.05) is 6.92 Å². The van der Waals surface area contributed by atoms with Crippen LogP contribution in [0, 0.1) is 0 Å². The van der Waals surface area contributed by atoms with Gasteiger partial charge < -0.3 is 9.84 Å². The third kappa shape index (κ3) is 8.97. The van der Waals surface area contributed by atoms with E-state index in [1.54, 1.807) is 0 Å². The molecule has 0 aromatic heterocycles. The minimum atomic E-state index is -4.46. The zero-order chi connectivity index (χ0) is 12.4. The van der Waals surface area contributed by atoms with E-state index < -0.39 is 12.3 Å². The first-order chi connectivity index (χ1) is 7.48. The molecule has 5 heteroatoms. The van der Waals surface area contributed by atoms with Gasteiger partial charge in [0.05, 0.1) is 0 Å². The molecular weight excluding hydrogens is 221 g/mol. The van der Waals surface area contributed by atoms with Crippen LogP contribution in [0.5, 0.6) is 0 Å². The number of aliphatic hydroxyl groups is 1. The first-order valence-corrected chi connectivity index (χ1v) is 5.81. The second kappa shape index (κ2) is 8.82. The van der Waals surface area contributed by atoms with Gasteiger partial charge in [-0.2, -0.15) is 13.2 Å². The predicted molar refractivity (Wildman–Crippen MR) is 56.3 cm³/mol. The van der Waals surface area contributed by atoms with Crippen LogP contribution in [0.15, 0.2) is 0 Å². The third-order valence-electron chi connectivity index (χ3n) is 2.35. The molecule has 0 aliphatic rings. The number of aliphatic hydroxyl groups excluding tert-OH is 1. The lowest BCUT2D eigenvalue weighted by atomic mass is 10.1. The van der Waals surface area contributed by atoms with Gasteiger partial charge in [0.25, 0.3) is 0 Å². The standard InChI is InChI=1S/C11H21F3O2/c1-2-16-9-7-5-3-4-6-8-10(15)11(12,13)14/h10,15H,2-9H2,1H3. The van der Waals surface area contributed by atoms with Gasteiger partial charge in [-0.15, -0.1) is 0 Å². The van der Waals surface area contributed by atoms with Gasteiger partial charge in [0.15, 0.2) is 0 Å². The van der Waals surface area contributed by atoms with Gasteiger partial charge in [0.1, 0.15) is 6.10 Å². The number of hydrogen-bond acceptors (Lipinski definition) is 2. The first-order valence-electron chi connectivity index (χ1n) is 5.81. The second-order valence-corrected chi connectivity index (χ2v) is 3.81. The number of hydrogen-bond donors (Lipinski definition) is 1. The smallest absolute Gasteiger partial charge is 0.384 e. The fraction of sp³-hybridized carbons (Fsp3) is 1.00. The molecule has 0 spiro atoms. The topological polar surface area (TPSA) is 29.5 Å². The zero-order valence-electron chi connectivity index (χ0n) is 9.72. The van der Waals surface area contributed by atoms with Crippen LogP contribution in [0.3, 0.4) is 0 Å². The summed E-state index contributed by atoms with van der Waals surface area (Å²) in [6.45, 7) is 3.36. The minimum absolute atomic E-state index is 0.186. The van der Waals surface area contributed by atoms with Crippen molar-refractivity contribution in [3.63, 3.8) is 0 Å². The lowest BCUT2D eigenvalue weighted by Gasteiger charge is -2.13. The molecule has 0 saturated heterocycles. The number of rotatable bonds is 9. The first kappa shape index (κ1) is 15.7. The van der Waals surface area contributed by atoms with Crippen LogP contribution in [0.1, 0.15) is 45.4 Å². The number of alkyl halides is 3. The third-order valence-corrected chi connectivity index (χ3v) is 2.35. The van der Waals surface area contributed by atoms with Crippen LogP contribution in [0.25, 0.3) is 0 Å². The van der Waals surface area contributed by atoms with E-state index in [-0.39, 0.29) is 6.42 Å². The molecule has 0 amide bonds. The summed E-state index contributed by atoms with van der Waals surface area (Å²) in [4.78, 5) is 0. The summed E-state index contributed by atoms with van der Waals surface area (Å²) in [6, 6.07) is 0. The largest absolute Gasteiger partial charge is 0.414 e. The van der Waals surface area contributed by atoms with Crippen LogP contribution < -0.4 is 0 Å². The predicted octanol–water partition coefficient (Wildman–Crippen LogP) is 3.29. The molecule has 1 unspecified atom stereocenters. The van der Waals surface area contributed by atoms with E-state index in [9.17, 15) is 13.2 Å². The van der Waals surface area contributed by atoms with E-state index in [2.05, 4.69) is 0 Å². The highest BCUT2D eigenvalue weighted by atomic mass is 19.4. The molecule has 0 aliphatic heterocycles. The van der Waals surface area contributed by atoms with Gasteiger partial charge in [0, 0.05) is 13.2 Å².